The molecule has 2 N–H and O–H groups in total. The molecular weight excluding hydrogens is 288 g/mol. The van der Waals surface area contributed by atoms with Crippen LogP contribution < -0.4 is 10.6 Å². The molecule has 5 heteroatoms. The third-order valence-electron chi connectivity index (χ3n) is 3.49. The Balaban J connectivity index is 2.12. The lowest BCUT2D eigenvalue weighted by atomic mass is 10.1. The van der Waals surface area contributed by atoms with Crippen LogP contribution in [0.3, 0.4) is 0 Å². The monoisotopic (exact) mass is 312 g/mol. The van der Waals surface area contributed by atoms with E-state index in [0.29, 0.717) is 24.1 Å². The number of rotatable bonds is 6. The summed E-state index contributed by atoms with van der Waals surface area (Å²) in [5, 5.41) is 6.08. The largest absolute Gasteiger partial charge is 0.351 e. The Morgan fingerprint density at radius 3 is 2.61 bits per heavy atom. The average Bonchev–Trinajstić information content (AvgIpc) is 2.48. The van der Waals surface area contributed by atoms with Crippen molar-refractivity contribution in [2.75, 3.05) is 11.9 Å². The third kappa shape index (κ3) is 5.06. The Hall–Kier alpha value is -2.43. The van der Waals surface area contributed by atoms with Gasteiger partial charge >= 0.3 is 0 Å². The Morgan fingerprint density at radius 1 is 1.17 bits per heavy atom. The summed E-state index contributed by atoms with van der Waals surface area (Å²) in [6, 6.07) is 9.60. The minimum absolute atomic E-state index is 0.163. The smallest absolute Gasteiger partial charge is 0.270 e. The van der Waals surface area contributed by atoms with Gasteiger partial charge in [0.1, 0.15) is 5.69 Å². The maximum atomic E-state index is 12.2. The Kier molecular flexibility index (Phi) is 5.68. The van der Waals surface area contributed by atoms with Gasteiger partial charge in [0, 0.05) is 17.9 Å². The second-order valence-electron chi connectivity index (χ2n) is 6.10. The number of amides is 1. The van der Waals surface area contributed by atoms with Crippen LogP contribution in [0.2, 0.25) is 0 Å². The van der Waals surface area contributed by atoms with Gasteiger partial charge in [-0.1, -0.05) is 32.0 Å². The van der Waals surface area contributed by atoms with Gasteiger partial charge in [-0.15, -0.1) is 0 Å². The van der Waals surface area contributed by atoms with Gasteiger partial charge in [-0.05, 0) is 43.9 Å². The molecule has 0 radical (unpaired) electrons. The van der Waals surface area contributed by atoms with E-state index >= 15 is 0 Å². The molecule has 0 atom stereocenters. The molecule has 1 amide bonds. The van der Waals surface area contributed by atoms with Crippen LogP contribution in [0.4, 0.5) is 11.6 Å². The van der Waals surface area contributed by atoms with Crippen molar-refractivity contribution >= 4 is 17.5 Å². The summed E-state index contributed by atoms with van der Waals surface area (Å²) in [6.07, 6.45) is 0.949. The first-order chi connectivity index (χ1) is 11.0. The molecule has 1 aromatic heterocycles. The number of para-hydroxylation sites is 1. The molecule has 1 aromatic carbocycles. The van der Waals surface area contributed by atoms with Gasteiger partial charge in [0.05, 0.1) is 0 Å². The van der Waals surface area contributed by atoms with Crippen molar-refractivity contribution < 1.29 is 4.79 Å². The number of anilines is 2. The fourth-order valence-corrected chi connectivity index (χ4v) is 2.14. The van der Waals surface area contributed by atoms with Crippen molar-refractivity contribution in [3.05, 3.63) is 47.3 Å². The highest BCUT2D eigenvalue weighted by atomic mass is 16.1. The molecule has 5 nitrogen and oxygen atoms in total. The van der Waals surface area contributed by atoms with Crippen molar-refractivity contribution in [3.8, 4) is 0 Å². The van der Waals surface area contributed by atoms with Crippen LogP contribution in [0, 0.1) is 19.8 Å². The number of aromatic nitrogens is 2. The van der Waals surface area contributed by atoms with Crippen LogP contribution in [0.25, 0.3) is 0 Å². The molecule has 2 rings (SSSR count). The van der Waals surface area contributed by atoms with Crippen LogP contribution in [0.15, 0.2) is 30.3 Å². The number of aryl methyl sites for hydroxylation is 2. The van der Waals surface area contributed by atoms with E-state index in [-0.39, 0.29) is 5.91 Å². The lowest BCUT2D eigenvalue weighted by Gasteiger charge is -2.11. The van der Waals surface area contributed by atoms with Crippen LogP contribution in [0.1, 0.15) is 42.0 Å². The predicted molar refractivity (Wildman–Crippen MR) is 93.0 cm³/mol. The Bertz CT molecular complexity index is 682. The summed E-state index contributed by atoms with van der Waals surface area (Å²) in [7, 11) is 0. The number of nitrogens with zero attached hydrogens (tertiary/aromatic N) is 2. The lowest BCUT2D eigenvalue weighted by Crippen LogP contribution is -2.26. The second kappa shape index (κ2) is 7.72. The highest BCUT2D eigenvalue weighted by Gasteiger charge is 2.11. The molecule has 0 unspecified atom stereocenters. The zero-order valence-electron chi connectivity index (χ0n) is 14.2. The van der Waals surface area contributed by atoms with Crippen molar-refractivity contribution in [2.24, 2.45) is 5.92 Å². The molecule has 0 aliphatic rings. The number of hydrogen-bond donors (Lipinski definition) is 2. The minimum atomic E-state index is -0.163. The normalized spacial score (nSPS) is 10.7. The first-order valence-electron chi connectivity index (χ1n) is 7.92. The lowest BCUT2D eigenvalue weighted by molar-refractivity contribution is 0.0947. The van der Waals surface area contributed by atoms with Crippen LogP contribution in [-0.4, -0.2) is 22.4 Å². The molecule has 2 aromatic rings. The third-order valence-corrected chi connectivity index (χ3v) is 3.49. The molecule has 0 saturated heterocycles. The molecule has 0 saturated carbocycles. The SMILES string of the molecule is Cc1cc(C(=O)NCCC(C)C)nc(Nc2ccccc2C)n1. The molecule has 0 aliphatic heterocycles. The van der Waals surface area contributed by atoms with Gasteiger partial charge in [0.2, 0.25) is 5.95 Å². The van der Waals surface area contributed by atoms with E-state index in [4.69, 9.17) is 0 Å². The van der Waals surface area contributed by atoms with Crippen molar-refractivity contribution in [1.82, 2.24) is 15.3 Å². The van der Waals surface area contributed by atoms with E-state index in [1.54, 1.807) is 6.07 Å². The zero-order valence-corrected chi connectivity index (χ0v) is 14.2. The summed E-state index contributed by atoms with van der Waals surface area (Å²) >= 11 is 0. The van der Waals surface area contributed by atoms with Crippen molar-refractivity contribution in [2.45, 2.75) is 34.1 Å². The molecule has 23 heavy (non-hydrogen) atoms. The number of carbonyl (C=O) groups is 1. The minimum Gasteiger partial charge on any atom is -0.351 e. The van der Waals surface area contributed by atoms with Crippen molar-refractivity contribution in [3.63, 3.8) is 0 Å². The predicted octanol–water partition coefficient (Wildman–Crippen LogP) is 3.61. The summed E-state index contributed by atoms with van der Waals surface area (Å²) in [6.45, 7) is 8.78. The molecule has 1 heterocycles. The molecule has 0 bridgehead atoms. The highest BCUT2D eigenvalue weighted by Crippen LogP contribution is 2.18. The summed E-state index contributed by atoms with van der Waals surface area (Å²) < 4.78 is 0. The fraction of sp³-hybridized carbons (Fsp3) is 0.389. The second-order valence-corrected chi connectivity index (χ2v) is 6.10. The van der Waals surface area contributed by atoms with Crippen LogP contribution in [-0.2, 0) is 0 Å². The standard InChI is InChI=1S/C18H24N4O/c1-12(2)9-10-19-17(23)16-11-14(4)20-18(22-16)21-15-8-6-5-7-13(15)3/h5-8,11-12H,9-10H2,1-4H3,(H,19,23)(H,20,21,22). The maximum Gasteiger partial charge on any atom is 0.270 e. The quantitative estimate of drug-likeness (QED) is 0.855. The first-order valence-corrected chi connectivity index (χ1v) is 7.92. The fourth-order valence-electron chi connectivity index (χ4n) is 2.14. The topological polar surface area (TPSA) is 66.9 Å². The van der Waals surface area contributed by atoms with Crippen LogP contribution in [0.5, 0.6) is 0 Å². The number of benzene rings is 1. The van der Waals surface area contributed by atoms with Gasteiger partial charge in [0.15, 0.2) is 0 Å². The summed E-state index contributed by atoms with van der Waals surface area (Å²) in [5.74, 6) is 0.831. The summed E-state index contributed by atoms with van der Waals surface area (Å²) in [5.41, 5.74) is 3.17. The van der Waals surface area contributed by atoms with Gasteiger partial charge in [-0.2, -0.15) is 0 Å². The van der Waals surface area contributed by atoms with Crippen LogP contribution >= 0.6 is 0 Å². The van der Waals surface area contributed by atoms with Gasteiger partial charge in [-0.25, -0.2) is 9.97 Å². The number of carbonyl (C=O) groups excluding carboxylic acids is 1. The summed E-state index contributed by atoms with van der Waals surface area (Å²) in [4.78, 5) is 20.9. The molecule has 0 aliphatic carbocycles. The number of nitrogens with one attached hydrogen (secondary N) is 2. The maximum absolute atomic E-state index is 12.2. The van der Waals surface area contributed by atoms with Crippen molar-refractivity contribution in [1.29, 1.82) is 0 Å². The van der Waals surface area contributed by atoms with E-state index < -0.39 is 0 Å². The molecule has 0 spiro atoms. The molecular formula is C18H24N4O. The average molecular weight is 312 g/mol. The highest BCUT2D eigenvalue weighted by molar-refractivity contribution is 5.92. The van der Waals surface area contributed by atoms with Gasteiger partial charge < -0.3 is 10.6 Å². The zero-order chi connectivity index (χ0) is 16.8. The van der Waals surface area contributed by atoms with E-state index in [1.165, 1.54) is 0 Å². The molecule has 0 fully saturated rings. The van der Waals surface area contributed by atoms with Gasteiger partial charge in [-0.3, -0.25) is 4.79 Å². The van der Waals surface area contributed by atoms with Gasteiger partial charge in [0.25, 0.3) is 5.91 Å². The first kappa shape index (κ1) is 16.9. The Morgan fingerprint density at radius 2 is 1.91 bits per heavy atom. The number of hydrogen-bond acceptors (Lipinski definition) is 4. The van der Waals surface area contributed by atoms with E-state index in [1.807, 2.05) is 38.1 Å². The molecule has 122 valence electrons. The van der Waals surface area contributed by atoms with E-state index in [0.717, 1.165) is 23.4 Å². The van der Waals surface area contributed by atoms with E-state index in [9.17, 15) is 4.79 Å². The Labute approximate surface area is 137 Å². The van der Waals surface area contributed by atoms with E-state index in [2.05, 4.69) is 34.4 Å².